The summed E-state index contributed by atoms with van der Waals surface area (Å²) < 4.78 is 2.66. The predicted octanol–water partition coefficient (Wildman–Crippen LogP) is 2.25. The van der Waals surface area contributed by atoms with E-state index >= 15 is 0 Å². The molecular formula is C10H18N4S. The van der Waals surface area contributed by atoms with E-state index < -0.39 is 0 Å². The molecule has 0 amide bonds. The van der Waals surface area contributed by atoms with E-state index in [1.54, 1.807) is 0 Å². The Bertz CT molecular complexity index is 360. The summed E-state index contributed by atoms with van der Waals surface area (Å²) in [5.41, 5.74) is 0. The summed E-state index contributed by atoms with van der Waals surface area (Å²) in [6.07, 6.45) is 6.59. The molecule has 1 saturated heterocycles. The van der Waals surface area contributed by atoms with Gasteiger partial charge in [-0.2, -0.15) is 0 Å². The number of nitrogens with one attached hydrogen (secondary N) is 1. The maximum atomic E-state index is 5.12. The van der Waals surface area contributed by atoms with Crippen LogP contribution in [0.3, 0.4) is 0 Å². The van der Waals surface area contributed by atoms with Gasteiger partial charge in [-0.25, -0.2) is 5.10 Å². The van der Waals surface area contributed by atoms with Crippen molar-refractivity contribution in [3.8, 4) is 0 Å². The molecule has 0 bridgehead atoms. The first-order valence-corrected chi connectivity index (χ1v) is 6.06. The number of nitrogens with zero attached hydrogens (tertiary/aromatic N) is 3. The summed E-state index contributed by atoms with van der Waals surface area (Å²) >= 11 is 5.12. The highest BCUT2D eigenvalue weighted by atomic mass is 32.1. The fourth-order valence-corrected chi connectivity index (χ4v) is 2.20. The molecule has 1 aliphatic heterocycles. The lowest BCUT2D eigenvalue weighted by Gasteiger charge is -2.24. The number of H-pyrrole nitrogens is 1. The van der Waals surface area contributed by atoms with Crippen LogP contribution in [0.2, 0.25) is 0 Å². The van der Waals surface area contributed by atoms with E-state index in [2.05, 4.69) is 15.1 Å². The van der Waals surface area contributed by atoms with E-state index in [4.69, 9.17) is 12.2 Å². The molecule has 0 atom stereocenters. The van der Waals surface area contributed by atoms with Crippen LogP contribution in [-0.4, -0.2) is 27.9 Å². The summed E-state index contributed by atoms with van der Waals surface area (Å²) in [5, 5.41) is 7.13. The van der Waals surface area contributed by atoms with Crippen LogP contribution in [0.5, 0.6) is 0 Å². The first-order valence-electron chi connectivity index (χ1n) is 5.65. The minimum absolute atomic E-state index is 0.701. The Hall–Kier alpha value is -0.840. The van der Waals surface area contributed by atoms with E-state index in [0.29, 0.717) is 4.77 Å². The highest BCUT2D eigenvalue weighted by molar-refractivity contribution is 7.71. The maximum Gasteiger partial charge on any atom is 0.225 e. The SMILES string of the molecule is Cn1c(N2CCCCCCC2)n[nH]c1=S. The first kappa shape index (κ1) is 10.7. The minimum Gasteiger partial charge on any atom is -0.341 e. The second-order valence-electron chi connectivity index (χ2n) is 4.14. The topological polar surface area (TPSA) is 36.9 Å². The summed E-state index contributed by atoms with van der Waals surface area (Å²) in [5.74, 6) is 0.988. The van der Waals surface area contributed by atoms with Gasteiger partial charge in [0.2, 0.25) is 5.95 Å². The molecule has 1 aromatic rings. The van der Waals surface area contributed by atoms with Crippen molar-refractivity contribution < 1.29 is 0 Å². The van der Waals surface area contributed by atoms with E-state index in [0.717, 1.165) is 19.0 Å². The van der Waals surface area contributed by atoms with E-state index in [9.17, 15) is 0 Å². The molecule has 1 fully saturated rings. The molecule has 2 rings (SSSR count). The quantitative estimate of drug-likeness (QED) is 0.746. The Morgan fingerprint density at radius 2 is 1.73 bits per heavy atom. The molecule has 0 saturated carbocycles. The molecule has 5 heteroatoms. The maximum absolute atomic E-state index is 5.12. The standard InChI is InChI=1S/C10H18N4S/c1-13-9(11-12-10(13)15)14-7-5-3-2-4-6-8-14/h2-8H2,1H3,(H,12,15). The lowest BCUT2D eigenvalue weighted by molar-refractivity contribution is 0.546. The third-order valence-electron chi connectivity index (χ3n) is 3.00. The summed E-state index contributed by atoms with van der Waals surface area (Å²) in [6, 6.07) is 0. The molecule has 1 N–H and O–H groups in total. The van der Waals surface area contributed by atoms with Crippen molar-refractivity contribution in [1.82, 2.24) is 14.8 Å². The third-order valence-corrected chi connectivity index (χ3v) is 3.36. The van der Waals surface area contributed by atoms with Crippen LogP contribution in [0.25, 0.3) is 0 Å². The van der Waals surface area contributed by atoms with E-state index in [1.807, 2.05) is 11.6 Å². The highest BCUT2D eigenvalue weighted by Crippen LogP contribution is 2.16. The Kier molecular flexibility index (Phi) is 3.41. The molecule has 1 aromatic heterocycles. The van der Waals surface area contributed by atoms with Gasteiger partial charge in [-0.05, 0) is 25.1 Å². The van der Waals surface area contributed by atoms with Gasteiger partial charge in [0.1, 0.15) is 0 Å². The molecule has 84 valence electrons. The summed E-state index contributed by atoms with van der Waals surface area (Å²) in [4.78, 5) is 2.34. The van der Waals surface area contributed by atoms with Gasteiger partial charge >= 0.3 is 0 Å². The van der Waals surface area contributed by atoms with Gasteiger partial charge in [-0.1, -0.05) is 19.3 Å². The number of aromatic nitrogens is 3. The van der Waals surface area contributed by atoms with Crippen LogP contribution >= 0.6 is 12.2 Å². The number of hydrogen-bond acceptors (Lipinski definition) is 3. The monoisotopic (exact) mass is 226 g/mol. The molecule has 2 heterocycles. The molecule has 15 heavy (non-hydrogen) atoms. The molecule has 1 aliphatic rings. The van der Waals surface area contributed by atoms with Crippen molar-refractivity contribution in [3.63, 3.8) is 0 Å². The van der Waals surface area contributed by atoms with Gasteiger partial charge in [0, 0.05) is 20.1 Å². The van der Waals surface area contributed by atoms with Crippen molar-refractivity contribution in [2.24, 2.45) is 7.05 Å². The van der Waals surface area contributed by atoms with Crippen LogP contribution in [-0.2, 0) is 7.05 Å². The normalized spacial score (nSPS) is 18.6. The van der Waals surface area contributed by atoms with Crippen molar-refractivity contribution in [2.45, 2.75) is 32.1 Å². The zero-order chi connectivity index (χ0) is 10.7. The van der Waals surface area contributed by atoms with E-state index in [1.165, 1.54) is 32.1 Å². The fraction of sp³-hybridized carbons (Fsp3) is 0.800. The number of hydrogen-bond donors (Lipinski definition) is 1. The Balaban J connectivity index is 2.13. The molecular weight excluding hydrogens is 208 g/mol. The van der Waals surface area contributed by atoms with Crippen molar-refractivity contribution >= 4 is 18.2 Å². The average Bonchev–Trinajstić information content (AvgIpc) is 2.48. The lowest BCUT2D eigenvalue weighted by Crippen LogP contribution is -2.29. The highest BCUT2D eigenvalue weighted by Gasteiger charge is 2.13. The third kappa shape index (κ3) is 2.40. The smallest absolute Gasteiger partial charge is 0.225 e. The van der Waals surface area contributed by atoms with Crippen molar-refractivity contribution in [3.05, 3.63) is 4.77 Å². The molecule has 4 nitrogen and oxygen atoms in total. The average molecular weight is 226 g/mol. The van der Waals surface area contributed by atoms with Gasteiger partial charge < -0.3 is 4.90 Å². The minimum atomic E-state index is 0.701. The molecule has 0 spiro atoms. The second kappa shape index (κ2) is 4.79. The number of anilines is 1. The van der Waals surface area contributed by atoms with Gasteiger partial charge in [0.05, 0.1) is 0 Å². The van der Waals surface area contributed by atoms with Crippen LogP contribution in [0.1, 0.15) is 32.1 Å². The van der Waals surface area contributed by atoms with Crippen LogP contribution in [0.15, 0.2) is 0 Å². The molecule has 0 radical (unpaired) electrons. The second-order valence-corrected chi connectivity index (χ2v) is 4.53. The van der Waals surface area contributed by atoms with Crippen molar-refractivity contribution in [2.75, 3.05) is 18.0 Å². The van der Waals surface area contributed by atoms with Crippen molar-refractivity contribution in [1.29, 1.82) is 0 Å². The number of aromatic amines is 1. The fourth-order valence-electron chi connectivity index (χ4n) is 2.07. The summed E-state index contributed by atoms with van der Waals surface area (Å²) in [6.45, 7) is 2.21. The van der Waals surface area contributed by atoms with Gasteiger partial charge in [0.25, 0.3) is 0 Å². The Morgan fingerprint density at radius 3 is 2.27 bits per heavy atom. The van der Waals surface area contributed by atoms with Gasteiger partial charge in [-0.3, -0.25) is 4.57 Å². The summed E-state index contributed by atoms with van der Waals surface area (Å²) in [7, 11) is 1.97. The largest absolute Gasteiger partial charge is 0.341 e. The molecule has 0 aliphatic carbocycles. The van der Waals surface area contributed by atoms with E-state index in [-0.39, 0.29) is 0 Å². The van der Waals surface area contributed by atoms with Crippen LogP contribution in [0, 0.1) is 4.77 Å². The van der Waals surface area contributed by atoms with Crippen LogP contribution < -0.4 is 4.90 Å². The molecule has 0 aromatic carbocycles. The lowest BCUT2D eigenvalue weighted by atomic mass is 10.1. The zero-order valence-corrected chi connectivity index (χ0v) is 10.0. The molecule has 0 unspecified atom stereocenters. The van der Waals surface area contributed by atoms with Gasteiger partial charge in [0.15, 0.2) is 4.77 Å². The van der Waals surface area contributed by atoms with Gasteiger partial charge in [-0.15, -0.1) is 5.10 Å². The van der Waals surface area contributed by atoms with Crippen LogP contribution in [0.4, 0.5) is 5.95 Å². The Labute approximate surface area is 95.3 Å². The zero-order valence-electron chi connectivity index (χ0n) is 9.20. The Morgan fingerprint density at radius 1 is 1.13 bits per heavy atom. The number of rotatable bonds is 1. The predicted molar refractivity (Wildman–Crippen MR) is 63.7 cm³/mol. The first-order chi connectivity index (χ1) is 7.29.